The van der Waals surface area contributed by atoms with Gasteiger partial charge in [-0.25, -0.2) is 4.98 Å². The van der Waals surface area contributed by atoms with E-state index in [9.17, 15) is 4.79 Å². The van der Waals surface area contributed by atoms with Gasteiger partial charge >= 0.3 is 0 Å². The predicted molar refractivity (Wildman–Crippen MR) is 142 cm³/mol. The minimum atomic E-state index is -0.0378. The molecule has 1 aromatic heterocycles. The topological polar surface area (TPSA) is 65.4 Å². The molecule has 1 heterocycles. The molecule has 0 saturated carbocycles. The fraction of sp³-hybridized carbons (Fsp3) is 0.286. The summed E-state index contributed by atoms with van der Waals surface area (Å²) in [5.74, 6) is 2.60. The Morgan fingerprint density at radius 2 is 1.80 bits per heavy atom. The number of amides is 1. The van der Waals surface area contributed by atoms with Gasteiger partial charge in [-0.2, -0.15) is 0 Å². The zero-order chi connectivity index (χ0) is 24.5. The molecule has 0 atom stereocenters. The fourth-order valence-corrected chi connectivity index (χ4v) is 4.43. The van der Waals surface area contributed by atoms with E-state index in [1.54, 1.807) is 7.11 Å². The van der Waals surface area contributed by atoms with Gasteiger partial charge in [-0.3, -0.25) is 4.79 Å². The maximum absolute atomic E-state index is 12.3. The Morgan fingerprint density at radius 3 is 2.66 bits per heavy atom. The second-order valence-corrected chi connectivity index (χ2v) is 9.19. The molecule has 4 rings (SSSR count). The number of para-hydroxylation sites is 2. The number of carbonyl (C=O) groups excluding carboxylic acids is 1. The Balaban J connectivity index is 1.27. The van der Waals surface area contributed by atoms with Crippen LogP contribution in [0, 0.1) is 0 Å². The van der Waals surface area contributed by atoms with Crippen LogP contribution in [0.2, 0.25) is 0 Å². The molecule has 0 fully saturated rings. The summed E-state index contributed by atoms with van der Waals surface area (Å²) in [5, 5.41) is 3.00. The molecular weight excluding hydrogens is 506 g/mol. The molecule has 182 valence electrons. The van der Waals surface area contributed by atoms with Gasteiger partial charge < -0.3 is 19.4 Å². The molecule has 3 aromatic carbocycles. The van der Waals surface area contributed by atoms with Crippen LogP contribution in [0.25, 0.3) is 11.0 Å². The number of ether oxygens (including phenoxy) is 2. The Kier molecular flexibility index (Phi) is 8.79. The van der Waals surface area contributed by atoms with Gasteiger partial charge in [0.1, 0.15) is 23.9 Å². The molecule has 1 N–H and O–H groups in total. The van der Waals surface area contributed by atoms with Crippen LogP contribution < -0.4 is 14.8 Å². The monoisotopic (exact) mass is 535 g/mol. The standard InChI is InChI=1S/C28H30BrN3O3/c1-34-23-11-8-12-24(20-23)35-18-17-32-26-14-5-4-13-25(26)31-27(32)15-3-2-6-16-30-28(33)21-9-7-10-22(29)19-21/h4-5,7-14,19-20H,2-3,6,15-18H2,1H3,(H,30,33). The third-order valence-electron chi connectivity index (χ3n) is 5.81. The van der Waals surface area contributed by atoms with Crippen molar-refractivity contribution < 1.29 is 14.3 Å². The summed E-state index contributed by atoms with van der Waals surface area (Å²) >= 11 is 3.41. The number of aryl methyl sites for hydroxylation is 1. The molecular formula is C28H30BrN3O3. The van der Waals surface area contributed by atoms with E-state index in [-0.39, 0.29) is 5.91 Å². The van der Waals surface area contributed by atoms with Crippen LogP contribution in [-0.2, 0) is 13.0 Å². The number of benzene rings is 3. The van der Waals surface area contributed by atoms with Crippen LogP contribution in [0.4, 0.5) is 0 Å². The van der Waals surface area contributed by atoms with Crippen molar-refractivity contribution in [2.75, 3.05) is 20.3 Å². The summed E-state index contributed by atoms with van der Waals surface area (Å²) in [6.45, 7) is 1.92. The Bertz CT molecular complexity index is 1270. The Labute approximate surface area is 214 Å². The van der Waals surface area contributed by atoms with Crippen LogP contribution in [-0.4, -0.2) is 35.7 Å². The van der Waals surface area contributed by atoms with Crippen molar-refractivity contribution in [1.82, 2.24) is 14.9 Å². The van der Waals surface area contributed by atoms with Gasteiger partial charge in [-0.1, -0.05) is 46.6 Å². The average molecular weight is 536 g/mol. The Hall–Kier alpha value is -3.32. The first-order valence-electron chi connectivity index (χ1n) is 11.9. The molecule has 0 bridgehead atoms. The predicted octanol–water partition coefficient (Wildman–Crippen LogP) is 6.03. The number of methoxy groups -OCH3 is 1. The van der Waals surface area contributed by atoms with Crippen molar-refractivity contribution in [1.29, 1.82) is 0 Å². The molecule has 1 amide bonds. The van der Waals surface area contributed by atoms with Gasteiger partial charge in [0.2, 0.25) is 0 Å². The van der Waals surface area contributed by atoms with E-state index in [2.05, 4.69) is 37.9 Å². The normalized spacial score (nSPS) is 10.9. The van der Waals surface area contributed by atoms with Crippen LogP contribution in [0.5, 0.6) is 11.5 Å². The second kappa shape index (κ2) is 12.4. The number of fused-ring (bicyclic) bond motifs is 1. The van der Waals surface area contributed by atoms with Crippen molar-refractivity contribution in [2.45, 2.75) is 32.2 Å². The number of hydrogen-bond acceptors (Lipinski definition) is 4. The van der Waals surface area contributed by atoms with Gasteiger partial charge in [0, 0.05) is 29.1 Å². The fourth-order valence-electron chi connectivity index (χ4n) is 4.03. The van der Waals surface area contributed by atoms with Crippen molar-refractivity contribution in [2.24, 2.45) is 0 Å². The molecule has 0 aliphatic rings. The zero-order valence-corrected chi connectivity index (χ0v) is 21.5. The molecule has 0 radical (unpaired) electrons. The van der Waals surface area contributed by atoms with Gasteiger partial charge in [0.15, 0.2) is 0 Å². The van der Waals surface area contributed by atoms with E-state index < -0.39 is 0 Å². The first-order chi connectivity index (χ1) is 17.1. The SMILES string of the molecule is COc1cccc(OCCn2c(CCCCCNC(=O)c3cccc(Br)c3)nc3ccccc32)c1. The summed E-state index contributed by atoms with van der Waals surface area (Å²) in [6.07, 6.45) is 3.83. The van der Waals surface area contributed by atoms with Crippen molar-refractivity contribution in [3.8, 4) is 11.5 Å². The van der Waals surface area contributed by atoms with Crippen molar-refractivity contribution in [3.05, 3.63) is 88.7 Å². The molecule has 0 saturated heterocycles. The number of halogens is 1. The summed E-state index contributed by atoms with van der Waals surface area (Å²) in [7, 11) is 1.65. The number of aromatic nitrogens is 2. The lowest BCUT2D eigenvalue weighted by Gasteiger charge is -2.12. The molecule has 4 aromatic rings. The second-order valence-electron chi connectivity index (χ2n) is 8.27. The van der Waals surface area contributed by atoms with Crippen LogP contribution in [0.15, 0.2) is 77.3 Å². The average Bonchev–Trinajstić information content (AvgIpc) is 3.23. The molecule has 6 nitrogen and oxygen atoms in total. The molecule has 0 unspecified atom stereocenters. The van der Waals surface area contributed by atoms with E-state index in [0.29, 0.717) is 18.7 Å². The van der Waals surface area contributed by atoms with E-state index in [0.717, 1.165) is 65.1 Å². The molecule has 35 heavy (non-hydrogen) atoms. The zero-order valence-electron chi connectivity index (χ0n) is 19.9. The number of nitrogens with one attached hydrogen (secondary N) is 1. The number of imidazole rings is 1. The summed E-state index contributed by atoms with van der Waals surface area (Å²) in [4.78, 5) is 17.1. The highest BCUT2D eigenvalue weighted by molar-refractivity contribution is 9.10. The van der Waals surface area contributed by atoms with Crippen LogP contribution in [0.1, 0.15) is 35.4 Å². The van der Waals surface area contributed by atoms with E-state index in [1.807, 2.05) is 60.7 Å². The number of nitrogens with zero attached hydrogens (tertiary/aromatic N) is 2. The lowest BCUT2D eigenvalue weighted by atomic mass is 10.1. The third kappa shape index (κ3) is 6.85. The lowest BCUT2D eigenvalue weighted by molar-refractivity contribution is 0.0953. The van der Waals surface area contributed by atoms with Gasteiger partial charge in [0.25, 0.3) is 5.91 Å². The van der Waals surface area contributed by atoms with E-state index in [1.165, 1.54) is 0 Å². The number of hydrogen-bond donors (Lipinski definition) is 1. The van der Waals surface area contributed by atoms with Crippen LogP contribution >= 0.6 is 15.9 Å². The molecule has 0 spiro atoms. The quantitative estimate of drug-likeness (QED) is 0.225. The lowest BCUT2D eigenvalue weighted by Crippen LogP contribution is -2.24. The first-order valence-corrected chi connectivity index (χ1v) is 12.7. The van der Waals surface area contributed by atoms with Crippen molar-refractivity contribution >= 4 is 32.9 Å². The number of rotatable bonds is 12. The Morgan fingerprint density at radius 1 is 0.971 bits per heavy atom. The van der Waals surface area contributed by atoms with E-state index >= 15 is 0 Å². The summed E-state index contributed by atoms with van der Waals surface area (Å²) < 4.78 is 14.4. The van der Waals surface area contributed by atoms with Gasteiger partial charge in [-0.05, 0) is 55.3 Å². The first kappa shape index (κ1) is 24.8. The maximum atomic E-state index is 12.3. The smallest absolute Gasteiger partial charge is 0.251 e. The highest BCUT2D eigenvalue weighted by atomic mass is 79.9. The minimum Gasteiger partial charge on any atom is -0.497 e. The summed E-state index contributed by atoms with van der Waals surface area (Å²) in [5.41, 5.74) is 2.80. The minimum absolute atomic E-state index is 0.0378. The highest BCUT2D eigenvalue weighted by Gasteiger charge is 2.11. The third-order valence-corrected chi connectivity index (χ3v) is 6.30. The van der Waals surface area contributed by atoms with Crippen LogP contribution in [0.3, 0.4) is 0 Å². The van der Waals surface area contributed by atoms with Crippen molar-refractivity contribution in [3.63, 3.8) is 0 Å². The maximum Gasteiger partial charge on any atom is 0.251 e. The number of carbonyl (C=O) groups is 1. The van der Waals surface area contributed by atoms with E-state index in [4.69, 9.17) is 14.5 Å². The van der Waals surface area contributed by atoms with Gasteiger partial charge in [-0.15, -0.1) is 0 Å². The molecule has 7 heteroatoms. The largest absolute Gasteiger partial charge is 0.497 e. The molecule has 0 aliphatic carbocycles. The molecule has 0 aliphatic heterocycles. The number of unbranched alkanes of at least 4 members (excludes halogenated alkanes) is 2. The van der Waals surface area contributed by atoms with Gasteiger partial charge in [0.05, 0.1) is 24.7 Å². The summed E-state index contributed by atoms with van der Waals surface area (Å²) in [6, 6.07) is 23.3. The highest BCUT2D eigenvalue weighted by Crippen LogP contribution is 2.21.